The van der Waals surface area contributed by atoms with Gasteiger partial charge in [0.05, 0.1) is 6.54 Å². The van der Waals surface area contributed by atoms with Crippen molar-refractivity contribution in [2.24, 2.45) is 5.92 Å². The predicted octanol–water partition coefficient (Wildman–Crippen LogP) is 0.622. The highest BCUT2D eigenvalue weighted by Crippen LogP contribution is 2.47. The van der Waals surface area contributed by atoms with E-state index >= 15 is 0 Å². The van der Waals surface area contributed by atoms with E-state index in [1.54, 1.807) is 14.2 Å². The second-order valence-corrected chi connectivity index (χ2v) is 6.24. The summed E-state index contributed by atoms with van der Waals surface area (Å²) in [5, 5.41) is 1.09. The van der Waals surface area contributed by atoms with Crippen LogP contribution in [0.15, 0.2) is 0 Å². The molecule has 0 spiro atoms. The number of hydrogen-bond donors (Lipinski definition) is 0. The summed E-state index contributed by atoms with van der Waals surface area (Å²) in [5.74, 6) is 1.01. The van der Waals surface area contributed by atoms with Gasteiger partial charge in [-0.1, -0.05) is 0 Å². The zero-order valence-corrected chi connectivity index (χ0v) is 12.6. The van der Waals surface area contributed by atoms with Crippen molar-refractivity contribution < 1.29 is 9.47 Å². The topological polar surface area (TPSA) is 50.7 Å². The monoisotopic (exact) mass is 284 g/mol. The van der Waals surface area contributed by atoms with Crippen LogP contribution in [0.3, 0.4) is 0 Å². The summed E-state index contributed by atoms with van der Waals surface area (Å²) in [5.41, 5.74) is 0. The third-order valence-corrected chi connectivity index (χ3v) is 5.08. The lowest BCUT2D eigenvalue weighted by Crippen LogP contribution is -2.48. The number of fused-ring (bicyclic) bond motifs is 2. The van der Waals surface area contributed by atoms with Crippen LogP contribution >= 0.6 is 11.5 Å². The number of aromatic nitrogens is 2. The molecule has 1 aromatic rings. The molecule has 2 aliphatic rings. The van der Waals surface area contributed by atoms with E-state index in [1.165, 1.54) is 11.5 Å². The van der Waals surface area contributed by atoms with Gasteiger partial charge in [-0.25, -0.2) is 4.98 Å². The number of anilines is 1. The third-order valence-electron chi connectivity index (χ3n) is 4.24. The van der Waals surface area contributed by atoms with E-state index in [2.05, 4.69) is 14.3 Å². The van der Waals surface area contributed by atoms with E-state index in [4.69, 9.17) is 9.47 Å². The van der Waals surface area contributed by atoms with Crippen molar-refractivity contribution in [3.05, 3.63) is 5.01 Å². The van der Waals surface area contributed by atoms with Crippen molar-refractivity contribution in [1.82, 2.24) is 14.3 Å². The molecule has 2 saturated heterocycles. The third kappa shape index (κ3) is 1.96. The Hall–Kier alpha value is -0.760. The minimum absolute atomic E-state index is 0.338. The second-order valence-electron chi connectivity index (χ2n) is 5.45. The fourth-order valence-corrected chi connectivity index (χ4v) is 4.09. The lowest BCUT2D eigenvalue weighted by atomic mass is 9.88. The van der Waals surface area contributed by atoms with Gasteiger partial charge in [-0.05, 0) is 11.5 Å². The molecule has 106 valence electrons. The fourth-order valence-electron chi connectivity index (χ4n) is 3.21. The zero-order chi connectivity index (χ0) is 13.6. The predicted molar refractivity (Wildman–Crippen MR) is 73.7 cm³/mol. The first-order valence-electron chi connectivity index (χ1n) is 6.43. The number of hydrogen-bond acceptors (Lipinski definition) is 7. The van der Waals surface area contributed by atoms with Gasteiger partial charge in [0.1, 0.15) is 5.01 Å². The van der Waals surface area contributed by atoms with E-state index in [9.17, 15) is 0 Å². The minimum atomic E-state index is -0.479. The van der Waals surface area contributed by atoms with Crippen LogP contribution in [0, 0.1) is 5.92 Å². The summed E-state index contributed by atoms with van der Waals surface area (Å²) in [6.45, 7) is 2.89. The molecule has 0 aromatic carbocycles. The summed E-state index contributed by atoms with van der Waals surface area (Å²) < 4.78 is 15.7. The Morgan fingerprint density at radius 1 is 1.32 bits per heavy atom. The summed E-state index contributed by atoms with van der Waals surface area (Å²) in [7, 11) is 7.39. The largest absolute Gasteiger partial charge is 0.352 e. The molecule has 6 nitrogen and oxygen atoms in total. The van der Waals surface area contributed by atoms with Crippen LogP contribution in [-0.4, -0.2) is 68.0 Å². The van der Waals surface area contributed by atoms with Gasteiger partial charge in [0.25, 0.3) is 0 Å². The highest BCUT2D eigenvalue weighted by Gasteiger charge is 2.57. The molecule has 3 heterocycles. The Morgan fingerprint density at radius 2 is 2.05 bits per heavy atom. The minimum Gasteiger partial charge on any atom is -0.352 e. The van der Waals surface area contributed by atoms with E-state index < -0.39 is 5.79 Å². The summed E-state index contributed by atoms with van der Waals surface area (Å²) in [6, 6.07) is 0. The quantitative estimate of drug-likeness (QED) is 0.756. The molecule has 3 atom stereocenters. The van der Waals surface area contributed by atoms with E-state index in [-0.39, 0.29) is 0 Å². The Bertz CT molecular complexity index is 460. The number of nitrogens with zero attached hydrogens (tertiary/aromatic N) is 4. The van der Waals surface area contributed by atoms with Gasteiger partial charge in [0, 0.05) is 53.2 Å². The first-order valence-corrected chi connectivity index (χ1v) is 7.20. The fraction of sp³-hybridized carbons (Fsp3) is 0.833. The molecule has 19 heavy (non-hydrogen) atoms. The van der Waals surface area contributed by atoms with Gasteiger partial charge in [0.2, 0.25) is 5.95 Å². The van der Waals surface area contributed by atoms with E-state index in [0.717, 1.165) is 30.6 Å². The van der Waals surface area contributed by atoms with Gasteiger partial charge in [-0.3, -0.25) is 4.90 Å². The molecule has 3 rings (SSSR count). The van der Waals surface area contributed by atoms with Crippen LogP contribution in [0.4, 0.5) is 5.95 Å². The number of rotatable bonds is 4. The first kappa shape index (κ1) is 13.2. The Balaban J connectivity index is 1.86. The van der Waals surface area contributed by atoms with Crippen molar-refractivity contribution in [3.8, 4) is 0 Å². The highest BCUT2D eigenvalue weighted by atomic mass is 32.1. The van der Waals surface area contributed by atoms with Crippen LogP contribution in [-0.2, 0) is 9.47 Å². The average molecular weight is 284 g/mol. The van der Waals surface area contributed by atoms with Gasteiger partial charge >= 0.3 is 0 Å². The number of methoxy groups -OCH3 is 2. The summed E-state index contributed by atoms with van der Waals surface area (Å²) in [6.07, 6.45) is 0. The SMILES string of the molecule is COC1(OC)CN2CC(c3nc(N(C)C)ns3)C1C2. The molecule has 7 heteroatoms. The number of ether oxygens (including phenoxy) is 2. The van der Waals surface area contributed by atoms with Crippen LogP contribution in [0.5, 0.6) is 0 Å². The van der Waals surface area contributed by atoms with Crippen molar-refractivity contribution >= 4 is 17.5 Å². The molecule has 0 saturated carbocycles. The lowest BCUT2D eigenvalue weighted by Gasteiger charge is -2.37. The van der Waals surface area contributed by atoms with Crippen molar-refractivity contribution in [1.29, 1.82) is 0 Å². The van der Waals surface area contributed by atoms with Gasteiger partial charge in [0.15, 0.2) is 5.79 Å². The molecule has 0 N–H and O–H groups in total. The molecular weight excluding hydrogens is 264 g/mol. The molecule has 2 aliphatic heterocycles. The molecule has 1 aromatic heterocycles. The van der Waals surface area contributed by atoms with Crippen LogP contribution in [0.25, 0.3) is 0 Å². The molecule has 0 radical (unpaired) electrons. The highest BCUT2D eigenvalue weighted by molar-refractivity contribution is 7.05. The van der Waals surface area contributed by atoms with E-state index in [1.807, 2.05) is 19.0 Å². The van der Waals surface area contributed by atoms with Crippen molar-refractivity contribution in [2.75, 3.05) is 52.8 Å². The zero-order valence-electron chi connectivity index (χ0n) is 11.8. The van der Waals surface area contributed by atoms with Gasteiger partial charge in [-0.15, -0.1) is 0 Å². The summed E-state index contributed by atoms with van der Waals surface area (Å²) >= 11 is 1.50. The number of piperidine rings is 1. The van der Waals surface area contributed by atoms with Gasteiger partial charge in [-0.2, -0.15) is 4.37 Å². The Kier molecular flexibility index (Phi) is 3.24. The standard InChI is InChI=1S/C12H20N4O2S/c1-15(2)11-13-10(19-14-11)8-5-16-6-9(8)12(7-16,17-3)18-4/h8-9H,5-7H2,1-4H3. The normalized spacial score (nSPS) is 31.9. The molecular formula is C12H20N4O2S. The smallest absolute Gasteiger partial charge is 0.236 e. The molecule has 2 fully saturated rings. The van der Waals surface area contributed by atoms with Gasteiger partial charge < -0.3 is 14.4 Å². The Morgan fingerprint density at radius 3 is 2.58 bits per heavy atom. The maximum atomic E-state index is 5.67. The van der Waals surface area contributed by atoms with Crippen LogP contribution in [0.1, 0.15) is 10.9 Å². The lowest BCUT2D eigenvalue weighted by molar-refractivity contribution is -0.231. The molecule has 0 amide bonds. The van der Waals surface area contributed by atoms with Crippen LogP contribution < -0.4 is 4.90 Å². The van der Waals surface area contributed by atoms with Crippen LogP contribution in [0.2, 0.25) is 0 Å². The Labute approximate surface area is 117 Å². The molecule has 0 aliphatic carbocycles. The molecule has 2 bridgehead atoms. The molecule has 3 unspecified atom stereocenters. The average Bonchev–Trinajstić information content (AvgIpc) is 3.11. The first-order chi connectivity index (χ1) is 9.09. The second kappa shape index (κ2) is 4.66. The summed E-state index contributed by atoms with van der Waals surface area (Å²) in [4.78, 5) is 8.97. The van der Waals surface area contributed by atoms with E-state index in [0.29, 0.717) is 11.8 Å². The maximum Gasteiger partial charge on any atom is 0.236 e. The van der Waals surface area contributed by atoms with Crippen molar-refractivity contribution in [3.63, 3.8) is 0 Å². The maximum absolute atomic E-state index is 5.67. The van der Waals surface area contributed by atoms with Crippen molar-refractivity contribution in [2.45, 2.75) is 11.7 Å².